The van der Waals surface area contributed by atoms with Crippen LogP contribution in [0.2, 0.25) is 0 Å². The molecule has 1 N–H and O–H groups in total. The number of carbonyl (C=O) groups is 2. The summed E-state index contributed by atoms with van der Waals surface area (Å²) in [6, 6.07) is 15.1. The lowest BCUT2D eigenvalue weighted by Crippen LogP contribution is -2.38. The normalized spacial score (nSPS) is 16.0. The fourth-order valence-electron chi connectivity index (χ4n) is 3.33. The van der Waals surface area contributed by atoms with Gasteiger partial charge in [0.25, 0.3) is 5.91 Å². The van der Waals surface area contributed by atoms with E-state index in [0.29, 0.717) is 5.39 Å². The van der Waals surface area contributed by atoms with Crippen LogP contribution in [0.5, 0.6) is 0 Å². The predicted octanol–water partition coefficient (Wildman–Crippen LogP) is 2.70. The van der Waals surface area contributed by atoms with Gasteiger partial charge in [0.05, 0.1) is 5.52 Å². The molecule has 6 nitrogen and oxygen atoms in total. The number of hydrogen-bond acceptors (Lipinski definition) is 4. The van der Waals surface area contributed by atoms with Gasteiger partial charge >= 0.3 is 5.97 Å². The van der Waals surface area contributed by atoms with E-state index < -0.39 is 5.97 Å². The van der Waals surface area contributed by atoms with Gasteiger partial charge in [0, 0.05) is 17.1 Å². The molecule has 2 aromatic carbocycles. The molecule has 0 fully saturated rings. The summed E-state index contributed by atoms with van der Waals surface area (Å²) in [4.78, 5) is 26.6. The molecule has 1 aliphatic heterocycles. The number of para-hydroxylation sites is 2. The van der Waals surface area contributed by atoms with E-state index in [1.807, 2.05) is 49.4 Å². The fourth-order valence-corrected chi connectivity index (χ4v) is 3.33. The number of aromatic amines is 1. The third-order valence-electron chi connectivity index (χ3n) is 4.47. The van der Waals surface area contributed by atoms with Crippen molar-refractivity contribution in [3.05, 3.63) is 59.8 Å². The van der Waals surface area contributed by atoms with Gasteiger partial charge in [0.2, 0.25) is 0 Å². The van der Waals surface area contributed by atoms with Gasteiger partial charge in [-0.2, -0.15) is 5.10 Å². The molecule has 0 unspecified atom stereocenters. The molecular formula is C19H17N3O3. The molecule has 1 atom stereocenters. The number of H-pyrrole nitrogens is 1. The van der Waals surface area contributed by atoms with Gasteiger partial charge in [0.1, 0.15) is 0 Å². The zero-order valence-corrected chi connectivity index (χ0v) is 13.7. The standard InChI is InChI=1S/C19H17N3O3/c1-12-10-13-6-2-5-9-16(13)22(12)17(23)11-25-19(24)18-14-7-3-4-8-15(14)20-21-18/h2-9,12H,10-11H2,1H3,(H,20,21)/t12-/m0/s1. The second kappa shape index (κ2) is 6.05. The molecule has 1 aliphatic rings. The Hall–Kier alpha value is -3.15. The third-order valence-corrected chi connectivity index (χ3v) is 4.47. The molecule has 0 saturated carbocycles. The zero-order chi connectivity index (χ0) is 17.4. The number of ether oxygens (including phenoxy) is 1. The number of aromatic nitrogens is 2. The topological polar surface area (TPSA) is 75.3 Å². The quantitative estimate of drug-likeness (QED) is 0.747. The Bertz CT molecular complexity index is 963. The first-order valence-electron chi connectivity index (χ1n) is 8.15. The number of benzene rings is 2. The molecule has 0 spiro atoms. The maximum Gasteiger partial charge on any atom is 0.359 e. The highest BCUT2D eigenvalue weighted by molar-refractivity contribution is 6.03. The molecule has 6 heteroatoms. The molecule has 4 rings (SSSR count). The van der Waals surface area contributed by atoms with Crippen LogP contribution in [0.25, 0.3) is 10.9 Å². The van der Waals surface area contributed by atoms with Gasteiger partial charge in [-0.3, -0.25) is 9.89 Å². The summed E-state index contributed by atoms with van der Waals surface area (Å²) in [5, 5.41) is 7.46. The number of anilines is 1. The van der Waals surface area contributed by atoms with Crippen molar-refractivity contribution in [1.82, 2.24) is 10.2 Å². The van der Waals surface area contributed by atoms with Crippen molar-refractivity contribution in [2.75, 3.05) is 11.5 Å². The van der Waals surface area contributed by atoms with Crippen molar-refractivity contribution >= 4 is 28.5 Å². The first-order chi connectivity index (χ1) is 12.1. The van der Waals surface area contributed by atoms with Crippen LogP contribution in [-0.2, 0) is 16.0 Å². The molecule has 25 heavy (non-hydrogen) atoms. The number of nitrogens with zero attached hydrogens (tertiary/aromatic N) is 2. The highest BCUT2D eigenvalue weighted by Gasteiger charge is 2.31. The third kappa shape index (κ3) is 2.65. The first kappa shape index (κ1) is 15.4. The van der Waals surface area contributed by atoms with Crippen molar-refractivity contribution in [1.29, 1.82) is 0 Å². The van der Waals surface area contributed by atoms with Gasteiger partial charge in [-0.25, -0.2) is 4.79 Å². The summed E-state index contributed by atoms with van der Waals surface area (Å²) in [6.45, 7) is 1.68. The summed E-state index contributed by atoms with van der Waals surface area (Å²) in [5.74, 6) is -0.837. The summed E-state index contributed by atoms with van der Waals surface area (Å²) < 4.78 is 5.22. The first-order valence-corrected chi connectivity index (χ1v) is 8.15. The number of nitrogens with one attached hydrogen (secondary N) is 1. The molecule has 0 aliphatic carbocycles. The summed E-state index contributed by atoms with van der Waals surface area (Å²) >= 11 is 0. The van der Waals surface area contributed by atoms with E-state index in [4.69, 9.17) is 4.74 Å². The van der Waals surface area contributed by atoms with E-state index in [1.165, 1.54) is 0 Å². The minimum atomic E-state index is -0.606. The van der Waals surface area contributed by atoms with E-state index in [1.54, 1.807) is 11.0 Å². The number of hydrogen-bond donors (Lipinski definition) is 1. The van der Waals surface area contributed by atoms with Crippen molar-refractivity contribution in [3.63, 3.8) is 0 Å². The summed E-state index contributed by atoms with van der Waals surface area (Å²) in [5.41, 5.74) is 2.97. The number of carbonyl (C=O) groups excluding carboxylic acids is 2. The van der Waals surface area contributed by atoms with Crippen LogP contribution in [0, 0.1) is 0 Å². The highest BCUT2D eigenvalue weighted by atomic mass is 16.5. The Morgan fingerprint density at radius 2 is 1.96 bits per heavy atom. The maximum absolute atomic E-state index is 12.6. The average molecular weight is 335 g/mol. The monoisotopic (exact) mass is 335 g/mol. The molecule has 0 radical (unpaired) electrons. The zero-order valence-electron chi connectivity index (χ0n) is 13.7. The van der Waals surface area contributed by atoms with E-state index in [9.17, 15) is 9.59 Å². The number of rotatable bonds is 3. The SMILES string of the molecule is C[C@H]1Cc2ccccc2N1C(=O)COC(=O)c1n[nH]c2ccccc12. The maximum atomic E-state index is 12.6. The van der Waals surface area contributed by atoms with Crippen LogP contribution in [0.4, 0.5) is 5.69 Å². The van der Waals surface area contributed by atoms with E-state index in [0.717, 1.165) is 23.2 Å². The van der Waals surface area contributed by atoms with Crippen LogP contribution >= 0.6 is 0 Å². The number of esters is 1. The highest BCUT2D eigenvalue weighted by Crippen LogP contribution is 2.31. The molecule has 1 aromatic heterocycles. The predicted molar refractivity (Wildman–Crippen MR) is 93.5 cm³/mol. The Morgan fingerprint density at radius 3 is 2.84 bits per heavy atom. The summed E-state index contributed by atoms with van der Waals surface area (Å²) in [6.07, 6.45) is 0.805. The lowest BCUT2D eigenvalue weighted by Gasteiger charge is -2.22. The van der Waals surface area contributed by atoms with Crippen LogP contribution in [0.3, 0.4) is 0 Å². The second-order valence-corrected chi connectivity index (χ2v) is 6.14. The van der Waals surface area contributed by atoms with Crippen LogP contribution < -0.4 is 4.90 Å². The van der Waals surface area contributed by atoms with Crippen LogP contribution in [0.1, 0.15) is 23.0 Å². The van der Waals surface area contributed by atoms with Crippen LogP contribution in [-0.4, -0.2) is 34.7 Å². The largest absolute Gasteiger partial charge is 0.451 e. The molecule has 0 bridgehead atoms. The molecular weight excluding hydrogens is 318 g/mol. The fraction of sp³-hybridized carbons (Fsp3) is 0.211. The summed E-state index contributed by atoms with van der Waals surface area (Å²) in [7, 11) is 0. The van der Waals surface area contributed by atoms with Gasteiger partial charge in [-0.1, -0.05) is 36.4 Å². The molecule has 3 aromatic rings. The van der Waals surface area contributed by atoms with Gasteiger partial charge in [-0.05, 0) is 31.0 Å². The van der Waals surface area contributed by atoms with Crippen LogP contribution in [0.15, 0.2) is 48.5 Å². The van der Waals surface area contributed by atoms with Crippen molar-refractivity contribution in [3.8, 4) is 0 Å². The van der Waals surface area contributed by atoms with Crippen molar-refractivity contribution in [2.24, 2.45) is 0 Å². The van der Waals surface area contributed by atoms with Gasteiger partial charge in [-0.15, -0.1) is 0 Å². The minimum absolute atomic E-state index is 0.0508. The van der Waals surface area contributed by atoms with E-state index in [-0.39, 0.29) is 24.2 Å². The lowest BCUT2D eigenvalue weighted by atomic mass is 10.1. The molecule has 2 heterocycles. The molecule has 1 amide bonds. The van der Waals surface area contributed by atoms with E-state index >= 15 is 0 Å². The molecule has 0 saturated heterocycles. The number of amides is 1. The second-order valence-electron chi connectivity index (χ2n) is 6.14. The van der Waals surface area contributed by atoms with Crippen molar-refractivity contribution < 1.29 is 14.3 Å². The smallest absolute Gasteiger partial charge is 0.359 e. The number of fused-ring (bicyclic) bond motifs is 2. The van der Waals surface area contributed by atoms with Gasteiger partial charge in [0.15, 0.2) is 12.3 Å². The van der Waals surface area contributed by atoms with Gasteiger partial charge < -0.3 is 9.64 Å². The Labute approximate surface area is 144 Å². The Kier molecular flexibility index (Phi) is 3.72. The Morgan fingerprint density at radius 1 is 1.20 bits per heavy atom. The average Bonchev–Trinajstić information content (AvgIpc) is 3.19. The lowest BCUT2D eigenvalue weighted by molar-refractivity contribution is -0.122. The minimum Gasteiger partial charge on any atom is -0.451 e. The molecule has 126 valence electrons. The van der Waals surface area contributed by atoms with E-state index in [2.05, 4.69) is 10.2 Å². The van der Waals surface area contributed by atoms with Crippen molar-refractivity contribution in [2.45, 2.75) is 19.4 Å². The Balaban J connectivity index is 1.48.